The fourth-order valence-electron chi connectivity index (χ4n) is 2.02. The lowest BCUT2D eigenvalue weighted by Gasteiger charge is -2.10. The molecule has 4 heteroatoms. The number of rotatable bonds is 4. The van der Waals surface area contributed by atoms with E-state index in [-0.39, 0.29) is 0 Å². The van der Waals surface area contributed by atoms with E-state index in [1.807, 2.05) is 35.8 Å². The predicted octanol–water partition coefficient (Wildman–Crippen LogP) is 2.75. The van der Waals surface area contributed by atoms with Gasteiger partial charge in [0.05, 0.1) is 12.7 Å². The summed E-state index contributed by atoms with van der Waals surface area (Å²) in [6.07, 6.45) is 2.43. The van der Waals surface area contributed by atoms with Crippen LogP contribution < -0.4 is 4.74 Å². The van der Waals surface area contributed by atoms with Crippen LogP contribution in [-0.4, -0.2) is 22.8 Å². The summed E-state index contributed by atoms with van der Waals surface area (Å²) in [6, 6.07) is 9.17. The zero-order valence-electron chi connectivity index (χ0n) is 10.4. The highest BCUT2D eigenvalue weighted by Crippen LogP contribution is 2.21. The van der Waals surface area contributed by atoms with Crippen molar-refractivity contribution in [1.82, 2.24) is 4.57 Å². The van der Waals surface area contributed by atoms with Crippen LogP contribution in [-0.2, 0) is 6.42 Å². The van der Waals surface area contributed by atoms with Crippen LogP contribution in [0.5, 0.6) is 5.75 Å². The number of carboxylic acid groups (broad SMARTS) is 1. The Balaban J connectivity index is 2.53. The predicted molar refractivity (Wildman–Crippen MR) is 68.7 cm³/mol. The highest BCUT2D eigenvalue weighted by molar-refractivity contribution is 5.89. The van der Waals surface area contributed by atoms with Gasteiger partial charge in [0.25, 0.3) is 0 Å². The van der Waals surface area contributed by atoms with Gasteiger partial charge < -0.3 is 14.4 Å². The molecule has 1 N–H and O–H groups in total. The van der Waals surface area contributed by atoms with Crippen molar-refractivity contribution in [3.63, 3.8) is 0 Å². The lowest BCUT2D eigenvalue weighted by molar-refractivity contribution is 0.0696. The van der Waals surface area contributed by atoms with E-state index in [9.17, 15) is 4.79 Å². The topological polar surface area (TPSA) is 51.5 Å². The Bertz CT molecular complexity index is 572. The van der Waals surface area contributed by atoms with Crippen molar-refractivity contribution in [3.05, 3.63) is 47.8 Å². The second kappa shape index (κ2) is 4.96. The zero-order valence-corrected chi connectivity index (χ0v) is 10.4. The monoisotopic (exact) mass is 245 g/mol. The van der Waals surface area contributed by atoms with Gasteiger partial charge in [-0.15, -0.1) is 0 Å². The molecule has 94 valence electrons. The second-order valence-electron chi connectivity index (χ2n) is 3.91. The van der Waals surface area contributed by atoms with E-state index in [2.05, 4.69) is 0 Å². The molecule has 0 spiro atoms. The van der Waals surface area contributed by atoms with Crippen molar-refractivity contribution < 1.29 is 14.6 Å². The quantitative estimate of drug-likeness (QED) is 0.901. The van der Waals surface area contributed by atoms with Gasteiger partial charge in [-0.1, -0.05) is 13.0 Å². The molecule has 0 unspecified atom stereocenters. The minimum atomic E-state index is -0.895. The highest BCUT2D eigenvalue weighted by atomic mass is 16.5. The highest BCUT2D eigenvalue weighted by Gasteiger charge is 2.14. The molecule has 1 aromatic heterocycles. The number of ether oxygens (including phenoxy) is 1. The van der Waals surface area contributed by atoms with Gasteiger partial charge in [-0.2, -0.15) is 0 Å². The van der Waals surface area contributed by atoms with Gasteiger partial charge in [0.15, 0.2) is 0 Å². The molecule has 4 nitrogen and oxygen atoms in total. The van der Waals surface area contributed by atoms with E-state index in [0.717, 1.165) is 17.1 Å². The molecule has 0 radical (unpaired) electrons. The van der Waals surface area contributed by atoms with E-state index in [1.54, 1.807) is 19.4 Å². The summed E-state index contributed by atoms with van der Waals surface area (Å²) in [6.45, 7) is 1.94. The molecule has 0 amide bonds. The summed E-state index contributed by atoms with van der Waals surface area (Å²) >= 11 is 0. The number of aromatic carboxylic acids is 1. The van der Waals surface area contributed by atoms with Crippen LogP contribution in [0.15, 0.2) is 36.5 Å². The molecule has 0 aliphatic carbocycles. The Morgan fingerprint density at radius 2 is 2.17 bits per heavy atom. The van der Waals surface area contributed by atoms with Crippen molar-refractivity contribution in [2.75, 3.05) is 7.11 Å². The average Bonchev–Trinajstić information content (AvgIpc) is 2.82. The third kappa shape index (κ3) is 2.09. The second-order valence-corrected chi connectivity index (χ2v) is 3.91. The molecule has 18 heavy (non-hydrogen) atoms. The lowest BCUT2D eigenvalue weighted by atomic mass is 10.2. The molecule has 2 aromatic rings. The fourth-order valence-corrected chi connectivity index (χ4v) is 2.02. The number of methoxy groups -OCH3 is 1. The number of benzene rings is 1. The summed E-state index contributed by atoms with van der Waals surface area (Å²) in [5, 5.41) is 9.12. The van der Waals surface area contributed by atoms with Crippen molar-refractivity contribution in [2.45, 2.75) is 13.3 Å². The summed E-state index contributed by atoms with van der Waals surface area (Å²) < 4.78 is 7.06. The third-order valence-electron chi connectivity index (χ3n) is 2.89. The maximum atomic E-state index is 11.1. The first kappa shape index (κ1) is 12.2. The van der Waals surface area contributed by atoms with Crippen molar-refractivity contribution >= 4 is 5.97 Å². The first-order chi connectivity index (χ1) is 8.67. The van der Waals surface area contributed by atoms with E-state index in [1.165, 1.54) is 0 Å². The number of nitrogens with zero attached hydrogens (tertiary/aromatic N) is 1. The fraction of sp³-hybridized carbons (Fsp3) is 0.214. The number of carboxylic acids is 1. The maximum absolute atomic E-state index is 11.1. The van der Waals surface area contributed by atoms with Crippen LogP contribution in [0.4, 0.5) is 0 Å². The van der Waals surface area contributed by atoms with Crippen LogP contribution in [0, 0.1) is 0 Å². The molecule has 0 bridgehead atoms. The van der Waals surface area contributed by atoms with E-state index >= 15 is 0 Å². The minimum Gasteiger partial charge on any atom is -0.497 e. The van der Waals surface area contributed by atoms with E-state index in [4.69, 9.17) is 9.84 Å². The molecule has 0 fully saturated rings. The Labute approximate surface area is 105 Å². The molecule has 2 rings (SSSR count). The largest absolute Gasteiger partial charge is 0.497 e. The van der Waals surface area contributed by atoms with E-state index < -0.39 is 5.97 Å². The van der Waals surface area contributed by atoms with Gasteiger partial charge in [0, 0.05) is 23.6 Å². The molecule has 0 atom stereocenters. The molecule has 1 aromatic carbocycles. The molecular formula is C14H15NO3. The normalized spacial score (nSPS) is 10.3. The summed E-state index contributed by atoms with van der Waals surface area (Å²) in [4.78, 5) is 11.1. The van der Waals surface area contributed by atoms with Crippen LogP contribution in [0.1, 0.15) is 23.0 Å². The Morgan fingerprint density at radius 3 is 2.78 bits per heavy atom. The van der Waals surface area contributed by atoms with Gasteiger partial charge in [-0.05, 0) is 24.6 Å². The smallest absolute Gasteiger partial charge is 0.337 e. The third-order valence-corrected chi connectivity index (χ3v) is 2.89. The number of carbonyl (C=O) groups is 1. The van der Waals surface area contributed by atoms with Gasteiger partial charge in [0.2, 0.25) is 0 Å². The van der Waals surface area contributed by atoms with Crippen LogP contribution in [0.25, 0.3) is 5.69 Å². The van der Waals surface area contributed by atoms with Crippen molar-refractivity contribution in [1.29, 1.82) is 0 Å². The lowest BCUT2D eigenvalue weighted by Crippen LogP contribution is -2.04. The minimum absolute atomic E-state index is 0.348. The molecule has 1 heterocycles. The van der Waals surface area contributed by atoms with Gasteiger partial charge >= 0.3 is 5.97 Å². The summed E-state index contributed by atoms with van der Waals surface area (Å²) in [5.41, 5.74) is 2.04. The summed E-state index contributed by atoms with van der Waals surface area (Å²) in [7, 11) is 1.61. The number of aromatic nitrogens is 1. The van der Waals surface area contributed by atoms with Crippen molar-refractivity contribution in [2.24, 2.45) is 0 Å². The van der Waals surface area contributed by atoms with Gasteiger partial charge in [0.1, 0.15) is 5.75 Å². The van der Waals surface area contributed by atoms with Gasteiger partial charge in [-0.25, -0.2) is 4.79 Å². The Morgan fingerprint density at radius 1 is 1.39 bits per heavy atom. The van der Waals surface area contributed by atoms with E-state index in [0.29, 0.717) is 12.0 Å². The van der Waals surface area contributed by atoms with Crippen LogP contribution in [0.2, 0.25) is 0 Å². The zero-order chi connectivity index (χ0) is 13.1. The number of hydrogen-bond acceptors (Lipinski definition) is 2. The van der Waals surface area contributed by atoms with Gasteiger partial charge in [-0.3, -0.25) is 0 Å². The number of hydrogen-bond donors (Lipinski definition) is 1. The van der Waals surface area contributed by atoms with Crippen molar-refractivity contribution in [3.8, 4) is 11.4 Å². The maximum Gasteiger partial charge on any atom is 0.337 e. The molecule has 0 saturated carbocycles. The summed E-state index contributed by atoms with van der Waals surface area (Å²) in [5.74, 6) is -0.145. The standard InChI is InChI=1S/C14H15NO3/c1-3-13-12(14(16)17)7-8-15(13)10-5-4-6-11(9-10)18-2/h4-9H,3H2,1-2H3,(H,16,17). The first-order valence-electron chi connectivity index (χ1n) is 5.75. The Kier molecular flexibility index (Phi) is 3.37. The molecule has 0 aliphatic rings. The first-order valence-corrected chi connectivity index (χ1v) is 5.75. The average molecular weight is 245 g/mol. The molecular weight excluding hydrogens is 230 g/mol. The molecule has 0 aliphatic heterocycles. The van der Waals surface area contributed by atoms with Crippen LogP contribution >= 0.6 is 0 Å². The van der Waals surface area contributed by atoms with Crippen LogP contribution in [0.3, 0.4) is 0 Å². The SMILES string of the molecule is CCc1c(C(=O)O)ccn1-c1cccc(OC)c1. The molecule has 0 saturated heterocycles. The Hall–Kier alpha value is -2.23.